The maximum atomic E-state index is 11.3. The minimum absolute atomic E-state index is 0.384. The van der Waals surface area contributed by atoms with Gasteiger partial charge in [0.25, 0.3) is 0 Å². The van der Waals surface area contributed by atoms with E-state index in [-0.39, 0.29) is 0 Å². The predicted octanol–water partition coefficient (Wildman–Crippen LogP) is 2.12. The number of hydrogen-bond donors (Lipinski definition) is 1. The fourth-order valence-electron chi connectivity index (χ4n) is 1.41. The zero-order valence-corrected chi connectivity index (χ0v) is 10.5. The number of nitrogens with one attached hydrogen (secondary N) is 1. The van der Waals surface area contributed by atoms with Gasteiger partial charge in [0.2, 0.25) is 0 Å². The van der Waals surface area contributed by atoms with Crippen LogP contribution in [0.2, 0.25) is 0 Å². The topological polar surface area (TPSA) is 56.8 Å². The van der Waals surface area contributed by atoms with Gasteiger partial charge in [0, 0.05) is 24.2 Å². The van der Waals surface area contributed by atoms with Crippen molar-refractivity contribution in [1.29, 1.82) is 0 Å². The maximum Gasteiger partial charge on any atom is 0.412 e. The summed E-state index contributed by atoms with van der Waals surface area (Å²) in [7, 11) is 3.11. The zero-order valence-electron chi connectivity index (χ0n) is 10.5. The summed E-state index contributed by atoms with van der Waals surface area (Å²) in [6.07, 6.45) is -0.500. The fraction of sp³-hybridized carbons (Fsp3) is 0.417. The van der Waals surface area contributed by atoms with E-state index in [1.807, 2.05) is 13.8 Å². The molecule has 0 saturated carbocycles. The molecule has 0 aromatic heterocycles. The van der Waals surface area contributed by atoms with Crippen LogP contribution in [0.1, 0.15) is 12.5 Å². The third-order valence-corrected chi connectivity index (χ3v) is 2.26. The Kier molecular flexibility index (Phi) is 4.63. The Bertz CT molecular complexity index is 378. The number of methoxy groups -OCH3 is 2. The van der Waals surface area contributed by atoms with E-state index in [1.165, 1.54) is 0 Å². The molecule has 5 nitrogen and oxygen atoms in total. The lowest BCUT2D eigenvalue weighted by Crippen LogP contribution is -2.26. The van der Waals surface area contributed by atoms with Crippen LogP contribution in [0.5, 0.6) is 17.2 Å². The monoisotopic (exact) mass is 239 g/mol. The number of carbonyl (C=O) groups is 1. The van der Waals surface area contributed by atoms with Crippen LogP contribution in [0.3, 0.4) is 0 Å². The van der Waals surface area contributed by atoms with Gasteiger partial charge in [-0.1, -0.05) is 0 Å². The van der Waals surface area contributed by atoms with E-state index in [4.69, 9.17) is 14.2 Å². The highest BCUT2D eigenvalue weighted by molar-refractivity contribution is 5.71. The van der Waals surface area contributed by atoms with Crippen molar-refractivity contribution in [1.82, 2.24) is 5.32 Å². The SMILES string of the molecule is CCNC(=O)Oc1cc(OC)c(C)c(OC)c1. The third kappa shape index (κ3) is 3.27. The highest BCUT2D eigenvalue weighted by Gasteiger charge is 2.11. The summed E-state index contributed by atoms with van der Waals surface area (Å²) >= 11 is 0. The molecule has 1 aromatic carbocycles. The minimum atomic E-state index is -0.500. The van der Waals surface area contributed by atoms with Crippen molar-refractivity contribution in [2.24, 2.45) is 0 Å². The molecule has 0 atom stereocenters. The smallest absolute Gasteiger partial charge is 0.412 e. The quantitative estimate of drug-likeness (QED) is 0.874. The molecule has 0 fully saturated rings. The Morgan fingerprint density at radius 2 is 1.76 bits per heavy atom. The van der Waals surface area contributed by atoms with Crippen molar-refractivity contribution in [3.05, 3.63) is 17.7 Å². The lowest BCUT2D eigenvalue weighted by Gasteiger charge is -2.12. The number of ether oxygens (including phenoxy) is 3. The molecule has 0 unspecified atom stereocenters. The van der Waals surface area contributed by atoms with Gasteiger partial charge in [-0.15, -0.1) is 0 Å². The van der Waals surface area contributed by atoms with Gasteiger partial charge in [0.05, 0.1) is 14.2 Å². The Labute approximate surface area is 101 Å². The van der Waals surface area contributed by atoms with Gasteiger partial charge in [0.15, 0.2) is 0 Å². The summed E-state index contributed by atoms with van der Waals surface area (Å²) < 4.78 is 15.4. The molecular weight excluding hydrogens is 222 g/mol. The van der Waals surface area contributed by atoms with Crippen molar-refractivity contribution in [2.75, 3.05) is 20.8 Å². The molecule has 0 saturated heterocycles. The molecule has 1 rings (SSSR count). The number of carbonyl (C=O) groups excluding carboxylic acids is 1. The van der Waals surface area contributed by atoms with E-state index in [0.29, 0.717) is 23.8 Å². The van der Waals surface area contributed by atoms with Crippen LogP contribution >= 0.6 is 0 Å². The van der Waals surface area contributed by atoms with E-state index >= 15 is 0 Å². The van der Waals surface area contributed by atoms with E-state index in [9.17, 15) is 4.79 Å². The van der Waals surface area contributed by atoms with Crippen LogP contribution in [0.15, 0.2) is 12.1 Å². The van der Waals surface area contributed by atoms with E-state index in [0.717, 1.165) is 5.56 Å². The average molecular weight is 239 g/mol. The van der Waals surface area contributed by atoms with E-state index < -0.39 is 6.09 Å². The van der Waals surface area contributed by atoms with Gasteiger partial charge in [-0.05, 0) is 13.8 Å². The largest absolute Gasteiger partial charge is 0.496 e. The minimum Gasteiger partial charge on any atom is -0.496 e. The molecule has 0 aliphatic rings. The average Bonchev–Trinajstić information content (AvgIpc) is 2.31. The van der Waals surface area contributed by atoms with Gasteiger partial charge in [0.1, 0.15) is 17.2 Å². The molecule has 0 radical (unpaired) electrons. The van der Waals surface area contributed by atoms with Crippen molar-refractivity contribution in [3.8, 4) is 17.2 Å². The Morgan fingerprint density at radius 1 is 1.24 bits per heavy atom. The number of hydrogen-bond acceptors (Lipinski definition) is 4. The summed E-state index contributed by atoms with van der Waals surface area (Å²) in [6.45, 7) is 4.20. The van der Waals surface area contributed by atoms with Crippen molar-refractivity contribution >= 4 is 6.09 Å². The first-order chi connectivity index (χ1) is 8.12. The van der Waals surface area contributed by atoms with E-state index in [2.05, 4.69) is 5.32 Å². The Balaban J connectivity index is 2.96. The van der Waals surface area contributed by atoms with Gasteiger partial charge >= 0.3 is 6.09 Å². The number of amides is 1. The van der Waals surface area contributed by atoms with Crippen molar-refractivity contribution in [3.63, 3.8) is 0 Å². The lowest BCUT2D eigenvalue weighted by molar-refractivity contribution is 0.201. The summed E-state index contributed by atoms with van der Waals surface area (Å²) in [4.78, 5) is 11.3. The van der Waals surface area contributed by atoms with Crippen molar-refractivity contribution < 1.29 is 19.0 Å². The Morgan fingerprint density at radius 3 is 2.18 bits per heavy atom. The van der Waals surface area contributed by atoms with Crippen LogP contribution in [-0.2, 0) is 0 Å². The normalized spacial score (nSPS) is 9.65. The summed E-state index contributed by atoms with van der Waals surface area (Å²) in [5, 5.41) is 2.54. The van der Waals surface area contributed by atoms with Crippen LogP contribution in [0.4, 0.5) is 4.79 Å². The first-order valence-electron chi connectivity index (χ1n) is 5.30. The maximum absolute atomic E-state index is 11.3. The van der Waals surface area contributed by atoms with Crippen LogP contribution < -0.4 is 19.5 Å². The summed E-state index contributed by atoms with van der Waals surface area (Å²) in [5.41, 5.74) is 0.859. The molecule has 0 bridgehead atoms. The summed E-state index contributed by atoms with van der Waals surface area (Å²) in [5.74, 6) is 1.61. The molecule has 1 aromatic rings. The van der Waals surface area contributed by atoms with Crippen LogP contribution in [0, 0.1) is 6.92 Å². The molecule has 0 aliphatic heterocycles. The molecule has 94 valence electrons. The number of benzene rings is 1. The molecule has 5 heteroatoms. The van der Waals surface area contributed by atoms with Gasteiger partial charge in [-0.25, -0.2) is 4.79 Å². The van der Waals surface area contributed by atoms with Gasteiger partial charge in [-0.2, -0.15) is 0 Å². The first kappa shape index (κ1) is 13.2. The standard InChI is InChI=1S/C12H17NO4/c1-5-13-12(14)17-9-6-10(15-3)8(2)11(7-9)16-4/h6-7H,5H2,1-4H3,(H,13,14). The second kappa shape index (κ2) is 5.98. The van der Waals surface area contributed by atoms with Crippen LogP contribution in [-0.4, -0.2) is 26.9 Å². The van der Waals surface area contributed by atoms with Crippen LogP contribution in [0.25, 0.3) is 0 Å². The number of rotatable bonds is 4. The molecule has 0 heterocycles. The molecular formula is C12H17NO4. The van der Waals surface area contributed by atoms with Gasteiger partial charge in [-0.3, -0.25) is 0 Å². The molecule has 1 amide bonds. The van der Waals surface area contributed by atoms with E-state index in [1.54, 1.807) is 26.4 Å². The fourth-order valence-corrected chi connectivity index (χ4v) is 1.41. The highest BCUT2D eigenvalue weighted by atomic mass is 16.6. The van der Waals surface area contributed by atoms with Gasteiger partial charge < -0.3 is 19.5 Å². The Hall–Kier alpha value is -1.91. The second-order valence-electron chi connectivity index (χ2n) is 3.37. The van der Waals surface area contributed by atoms with Crippen molar-refractivity contribution in [2.45, 2.75) is 13.8 Å². The molecule has 1 N–H and O–H groups in total. The molecule has 0 spiro atoms. The third-order valence-electron chi connectivity index (χ3n) is 2.26. The first-order valence-corrected chi connectivity index (χ1v) is 5.30. The lowest BCUT2D eigenvalue weighted by atomic mass is 10.2. The molecule has 17 heavy (non-hydrogen) atoms. The molecule has 0 aliphatic carbocycles. The zero-order chi connectivity index (χ0) is 12.8. The highest BCUT2D eigenvalue weighted by Crippen LogP contribution is 2.33. The second-order valence-corrected chi connectivity index (χ2v) is 3.37. The summed E-state index contributed by atoms with van der Waals surface area (Å²) in [6, 6.07) is 3.29. The predicted molar refractivity (Wildman–Crippen MR) is 64.0 cm³/mol.